The molecule has 2 heterocycles. The van der Waals surface area contributed by atoms with Crippen LogP contribution < -0.4 is 5.32 Å². The first-order valence-electron chi connectivity index (χ1n) is 5.79. The Balaban J connectivity index is 2.09. The van der Waals surface area contributed by atoms with E-state index in [1.165, 1.54) is 11.3 Å². The van der Waals surface area contributed by atoms with Gasteiger partial charge in [0.2, 0.25) is 0 Å². The number of imidazole rings is 1. The number of hydrogen-bond donors (Lipinski definition) is 2. The summed E-state index contributed by atoms with van der Waals surface area (Å²) in [5.74, 6) is 0.996. The number of H-pyrrole nitrogens is 1. The number of nitrogens with zero attached hydrogens (tertiary/aromatic N) is 1. The number of aryl methyl sites for hydroxylation is 1. The summed E-state index contributed by atoms with van der Waals surface area (Å²) < 4.78 is 1.13. The van der Waals surface area contributed by atoms with Gasteiger partial charge in [0, 0.05) is 23.1 Å². The van der Waals surface area contributed by atoms with Crippen LogP contribution in [0.2, 0.25) is 0 Å². The Morgan fingerprint density at radius 1 is 1.35 bits per heavy atom. The van der Waals surface area contributed by atoms with E-state index in [4.69, 9.17) is 0 Å². The van der Waals surface area contributed by atoms with Gasteiger partial charge < -0.3 is 10.3 Å². The Hall–Kier alpha value is -1.13. The van der Waals surface area contributed by atoms with Crippen LogP contribution in [0.1, 0.15) is 28.8 Å². The van der Waals surface area contributed by atoms with Crippen molar-refractivity contribution in [3.8, 4) is 0 Å². The van der Waals surface area contributed by atoms with E-state index < -0.39 is 0 Å². The largest absolute Gasteiger partial charge is 0.346 e. The average Bonchev–Trinajstić information content (AvgIpc) is 2.70. The standard InChI is InChI=1S/C13H14BrN3/c1-8-16-11-6-7-15-12(13(11)17-8)9-4-2-3-5-10(9)14/h2-5,12,15H,6-7H2,1H3,(H,16,17). The van der Waals surface area contributed by atoms with Gasteiger partial charge in [-0.15, -0.1) is 0 Å². The van der Waals surface area contributed by atoms with E-state index in [2.05, 4.69) is 49.4 Å². The van der Waals surface area contributed by atoms with Gasteiger partial charge in [-0.25, -0.2) is 4.98 Å². The predicted octanol–water partition coefficient (Wildman–Crippen LogP) is 2.72. The van der Waals surface area contributed by atoms with Crippen LogP contribution >= 0.6 is 15.9 Å². The minimum Gasteiger partial charge on any atom is -0.346 e. The van der Waals surface area contributed by atoms with Crippen molar-refractivity contribution in [1.29, 1.82) is 0 Å². The molecule has 2 N–H and O–H groups in total. The second-order valence-electron chi connectivity index (χ2n) is 4.34. The van der Waals surface area contributed by atoms with Gasteiger partial charge in [0.25, 0.3) is 0 Å². The van der Waals surface area contributed by atoms with E-state index in [0.717, 1.165) is 29.0 Å². The zero-order valence-electron chi connectivity index (χ0n) is 9.63. The maximum Gasteiger partial charge on any atom is 0.103 e. The SMILES string of the molecule is Cc1nc2c([nH]1)CCNC2c1ccccc1Br. The second-order valence-corrected chi connectivity index (χ2v) is 5.20. The summed E-state index contributed by atoms with van der Waals surface area (Å²) in [5, 5.41) is 3.53. The number of rotatable bonds is 1. The molecular weight excluding hydrogens is 278 g/mol. The van der Waals surface area contributed by atoms with Gasteiger partial charge in [-0.05, 0) is 18.6 Å². The topological polar surface area (TPSA) is 40.7 Å². The monoisotopic (exact) mass is 291 g/mol. The minimum absolute atomic E-state index is 0.194. The lowest BCUT2D eigenvalue weighted by atomic mass is 9.98. The number of hydrogen-bond acceptors (Lipinski definition) is 2. The second kappa shape index (κ2) is 4.27. The molecule has 1 atom stereocenters. The number of fused-ring (bicyclic) bond motifs is 1. The van der Waals surface area contributed by atoms with Crippen molar-refractivity contribution in [2.24, 2.45) is 0 Å². The van der Waals surface area contributed by atoms with Gasteiger partial charge in [0.05, 0.1) is 11.7 Å². The number of nitrogens with one attached hydrogen (secondary N) is 2. The molecule has 0 radical (unpaired) electrons. The third-order valence-electron chi connectivity index (χ3n) is 3.14. The van der Waals surface area contributed by atoms with Crippen molar-refractivity contribution in [1.82, 2.24) is 15.3 Å². The molecule has 0 bridgehead atoms. The molecule has 0 aliphatic carbocycles. The lowest BCUT2D eigenvalue weighted by Gasteiger charge is -2.24. The molecule has 1 aliphatic heterocycles. The average molecular weight is 292 g/mol. The maximum absolute atomic E-state index is 4.61. The molecule has 1 unspecified atom stereocenters. The molecule has 0 saturated carbocycles. The molecule has 3 rings (SSSR count). The van der Waals surface area contributed by atoms with E-state index in [0.29, 0.717) is 0 Å². The minimum atomic E-state index is 0.194. The van der Waals surface area contributed by atoms with Crippen LogP contribution in [-0.4, -0.2) is 16.5 Å². The number of aromatic amines is 1. The maximum atomic E-state index is 4.61. The molecule has 0 spiro atoms. The van der Waals surface area contributed by atoms with Crippen LogP contribution in [0.25, 0.3) is 0 Å². The van der Waals surface area contributed by atoms with Gasteiger partial charge in [0.15, 0.2) is 0 Å². The quantitative estimate of drug-likeness (QED) is 0.848. The molecule has 3 nitrogen and oxygen atoms in total. The summed E-state index contributed by atoms with van der Waals surface area (Å²) >= 11 is 3.61. The Morgan fingerprint density at radius 3 is 3.00 bits per heavy atom. The van der Waals surface area contributed by atoms with Crippen LogP contribution in [0.15, 0.2) is 28.7 Å². The molecule has 88 valence electrons. The van der Waals surface area contributed by atoms with Crippen molar-refractivity contribution in [2.45, 2.75) is 19.4 Å². The zero-order valence-corrected chi connectivity index (χ0v) is 11.2. The fraction of sp³-hybridized carbons (Fsp3) is 0.308. The zero-order chi connectivity index (χ0) is 11.8. The number of benzene rings is 1. The normalized spacial score (nSPS) is 19.1. The van der Waals surface area contributed by atoms with Crippen LogP contribution in [0.3, 0.4) is 0 Å². The molecular formula is C13H14BrN3. The van der Waals surface area contributed by atoms with Crippen molar-refractivity contribution < 1.29 is 0 Å². The Kier molecular flexibility index (Phi) is 2.76. The van der Waals surface area contributed by atoms with Gasteiger partial charge in [0.1, 0.15) is 5.82 Å². The van der Waals surface area contributed by atoms with E-state index >= 15 is 0 Å². The third kappa shape index (κ3) is 1.91. The highest BCUT2D eigenvalue weighted by Gasteiger charge is 2.25. The summed E-state index contributed by atoms with van der Waals surface area (Å²) in [7, 11) is 0. The first-order valence-corrected chi connectivity index (χ1v) is 6.58. The van der Waals surface area contributed by atoms with Crippen molar-refractivity contribution >= 4 is 15.9 Å². The summed E-state index contributed by atoms with van der Waals surface area (Å²) in [6.45, 7) is 3.00. The number of aromatic nitrogens is 2. The predicted molar refractivity (Wildman–Crippen MR) is 71.0 cm³/mol. The van der Waals surface area contributed by atoms with Crippen molar-refractivity contribution in [2.75, 3.05) is 6.54 Å². The third-order valence-corrected chi connectivity index (χ3v) is 3.86. The lowest BCUT2D eigenvalue weighted by Crippen LogP contribution is -2.30. The first-order chi connectivity index (χ1) is 8.25. The van der Waals surface area contributed by atoms with Crippen LogP contribution in [0.4, 0.5) is 0 Å². The van der Waals surface area contributed by atoms with E-state index in [9.17, 15) is 0 Å². The summed E-state index contributed by atoms with van der Waals surface area (Å²) in [5.41, 5.74) is 3.66. The molecule has 4 heteroatoms. The molecule has 0 saturated heterocycles. The summed E-state index contributed by atoms with van der Waals surface area (Å²) in [6, 6.07) is 8.51. The molecule has 1 aliphatic rings. The summed E-state index contributed by atoms with van der Waals surface area (Å²) in [4.78, 5) is 7.96. The Morgan fingerprint density at radius 2 is 2.18 bits per heavy atom. The first kappa shape index (κ1) is 11.0. The molecule has 1 aromatic carbocycles. The van der Waals surface area contributed by atoms with E-state index in [1.807, 2.05) is 13.0 Å². The molecule has 0 fully saturated rings. The Labute approximate surface area is 109 Å². The van der Waals surface area contributed by atoms with Crippen molar-refractivity contribution in [3.05, 3.63) is 51.5 Å². The van der Waals surface area contributed by atoms with Crippen LogP contribution in [-0.2, 0) is 6.42 Å². The molecule has 0 amide bonds. The van der Waals surface area contributed by atoms with Crippen molar-refractivity contribution in [3.63, 3.8) is 0 Å². The molecule has 17 heavy (non-hydrogen) atoms. The smallest absolute Gasteiger partial charge is 0.103 e. The van der Waals surface area contributed by atoms with E-state index in [-0.39, 0.29) is 6.04 Å². The van der Waals surface area contributed by atoms with Gasteiger partial charge in [-0.2, -0.15) is 0 Å². The fourth-order valence-electron chi connectivity index (χ4n) is 2.39. The van der Waals surface area contributed by atoms with Crippen LogP contribution in [0.5, 0.6) is 0 Å². The fourth-order valence-corrected chi connectivity index (χ4v) is 2.91. The highest BCUT2D eigenvalue weighted by atomic mass is 79.9. The van der Waals surface area contributed by atoms with Gasteiger partial charge in [-0.1, -0.05) is 34.1 Å². The lowest BCUT2D eigenvalue weighted by molar-refractivity contribution is 0.552. The highest BCUT2D eigenvalue weighted by Crippen LogP contribution is 2.31. The summed E-state index contributed by atoms with van der Waals surface area (Å²) in [6.07, 6.45) is 1.02. The van der Waals surface area contributed by atoms with Gasteiger partial charge >= 0.3 is 0 Å². The number of halogens is 1. The molecule has 1 aromatic heterocycles. The van der Waals surface area contributed by atoms with E-state index in [1.54, 1.807) is 0 Å². The highest BCUT2D eigenvalue weighted by molar-refractivity contribution is 9.10. The Bertz CT molecular complexity index is 547. The van der Waals surface area contributed by atoms with Gasteiger partial charge in [-0.3, -0.25) is 0 Å². The molecule has 2 aromatic rings. The van der Waals surface area contributed by atoms with Crippen LogP contribution in [0, 0.1) is 6.92 Å².